The van der Waals surface area contributed by atoms with Crippen molar-refractivity contribution in [2.45, 2.75) is 25.0 Å². The molecule has 0 saturated carbocycles. The van der Waals surface area contributed by atoms with Gasteiger partial charge in [-0.25, -0.2) is 0 Å². The van der Waals surface area contributed by atoms with Gasteiger partial charge in [-0.15, -0.1) is 6.58 Å². The first-order chi connectivity index (χ1) is 13.7. The standard InChI is InChI=1S/C20H24N2O2.H2O4S/c1-3-13-12-22-9-7-14(13)10-19(22)20(23)16-6-8-21-18-5-4-15(24-2)11-17(16)18;1-5(2,3)4/h3-6,8,11,13-14,19-20,23H,1,7,9-10,12H2,2H3;(H2,1,2,3,4)/t13-,14-,19+,20-;/m1./s1. The molecule has 1 aromatic carbocycles. The smallest absolute Gasteiger partial charge is 0.394 e. The predicted octanol–water partition coefficient (Wildman–Crippen LogP) is 2.52. The summed E-state index contributed by atoms with van der Waals surface area (Å²) in [7, 11) is -3.01. The minimum absolute atomic E-state index is 0.178. The molecule has 1 unspecified atom stereocenters. The van der Waals surface area contributed by atoms with Gasteiger partial charge in [0.1, 0.15) is 5.75 Å². The zero-order valence-electron chi connectivity index (χ0n) is 16.2. The summed E-state index contributed by atoms with van der Waals surface area (Å²) in [6.07, 6.45) is 5.62. The molecule has 29 heavy (non-hydrogen) atoms. The van der Waals surface area contributed by atoms with Crippen molar-refractivity contribution in [3.05, 3.63) is 48.7 Å². The third-order valence-corrected chi connectivity index (χ3v) is 5.82. The van der Waals surface area contributed by atoms with E-state index in [-0.39, 0.29) is 6.04 Å². The van der Waals surface area contributed by atoms with Crippen molar-refractivity contribution in [1.82, 2.24) is 9.88 Å². The number of rotatable bonds is 4. The van der Waals surface area contributed by atoms with Crippen LogP contribution in [-0.4, -0.2) is 58.8 Å². The summed E-state index contributed by atoms with van der Waals surface area (Å²) >= 11 is 0. The Kier molecular flexibility index (Phi) is 6.55. The lowest BCUT2D eigenvalue weighted by Crippen LogP contribution is -2.54. The molecule has 1 aromatic heterocycles. The Balaban J connectivity index is 0.000000431. The maximum absolute atomic E-state index is 11.2. The van der Waals surface area contributed by atoms with Crippen LogP contribution < -0.4 is 4.74 Å². The van der Waals surface area contributed by atoms with Gasteiger partial charge in [-0.2, -0.15) is 8.42 Å². The molecule has 2 aromatic rings. The Hall–Kier alpha value is -2.04. The highest BCUT2D eigenvalue weighted by Crippen LogP contribution is 2.42. The van der Waals surface area contributed by atoms with E-state index in [4.69, 9.17) is 22.3 Å². The summed E-state index contributed by atoms with van der Waals surface area (Å²) in [6.45, 7) is 6.07. The van der Waals surface area contributed by atoms with E-state index in [1.807, 2.05) is 24.3 Å². The Bertz CT molecular complexity index is 972. The van der Waals surface area contributed by atoms with Gasteiger partial charge < -0.3 is 9.84 Å². The minimum atomic E-state index is -4.67. The molecule has 3 N–H and O–H groups in total. The number of piperidine rings is 3. The van der Waals surface area contributed by atoms with E-state index in [1.165, 1.54) is 6.42 Å². The normalized spacial score (nSPS) is 27.0. The van der Waals surface area contributed by atoms with Crippen LogP contribution in [0.1, 0.15) is 24.5 Å². The third-order valence-electron chi connectivity index (χ3n) is 5.82. The molecule has 4 heterocycles. The van der Waals surface area contributed by atoms with Crippen LogP contribution >= 0.6 is 0 Å². The van der Waals surface area contributed by atoms with Gasteiger partial charge >= 0.3 is 10.4 Å². The van der Waals surface area contributed by atoms with Gasteiger partial charge in [0, 0.05) is 24.2 Å². The summed E-state index contributed by atoms with van der Waals surface area (Å²) in [6, 6.07) is 7.96. The van der Waals surface area contributed by atoms with Crippen molar-refractivity contribution in [2.75, 3.05) is 20.2 Å². The van der Waals surface area contributed by atoms with Gasteiger partial charge in [-0.05, 0) is 61.1 Å². The lowest BCUT2D eigenvalue weighted by Gasteiger charge is -2.50. The topological polar surface area (TPSA) is 120 Å². The fourth-order valence-corrected chi connectivity index (χ4v) is 4.44. The molecule has 0 amide bonds. The molecule has 3 fully saturated rings. The summed E-state index contributed by atoms with van der Waals surface area (Å²) in [5.74, 6) is 2.01. The SMILES string of the molecule is C=C[C@@H]1CN2CC[C@@H]1C[C@H]2[C@H](O)c1ccnc2ccc(OC)cc12.O=S(=O)(O)O. The van der Waals surface area contributed by atoms with Crippen molar-refractivity contribution < 1.29 is 27.4 Å². The first-order valence-electron chi connectivity index (χ1n) is 9.38. The van der Waals surface area contributed by atoms with Gasteiger partial charge in [0.2, 0.25) is 0 Å². The maximum Gasteiger partial charge on any atom is 0.394 e. The molecule has 5 rings (SSSR count). The highest BCUT2D eigenvalue weighted by Gasteiger charge is 2.42. The first-order valence-corrected chi connectivity index (χ1v) is 10.8. The number of nitrogens with zero attached hydrogens (tertiary/aromatic N) is 2. The quantitative estimate of drug-likeness (QED) is 0.508. The number of fused-ring (bicyclic) bond motifs is 4. The second-order valence-electron chi connectivity index (χ2n) is 7.42. The number of ether oxygens (including phenoxy) is 1. The van der Waals surface area contributed by atoms with E-state index in [2.05, 4.69) is 22.5 Å². The summed E-state index contributed by atoms with van der Waals surface area (Å²) in [5, 5.41) is 12.1. The van der Waals surface area contributed by atoms with Crippen LogP contribution in [0.2, 0.25) is 0 Å². The Morgan fingerprint density at radius 2 is 2.07 bits per heavy atom. The molecule has 3 saturated heterocycles. The van der Waals surface area contributed by atoms with Crippen molar-refractivity contribution >= 4 is 21.3 Å². The summed E-state index contributed by atoms with van der Waals surface area (Å²) in [4.78, 5) is 6.86. The van der Waals surface area contributed by atoms with Crippen molar-refractivity contribution in [2.24, 2.45) is 11.8 Å². The van der Waals surface area contributed by atoms with E-state index >= 15 is 0 Å². The highest BCUT2D eigenvalue weighted by atomic mass is 32.3. The number of aromatic nitrogens is 1. The monoisotopic (exact) mass is 422 g/mol. The van der Waals surface area contributed by atoms with Crippen LogP contribution in [0.4, 0.5) is 0 Å². The lowest BCUT2D eigenvalue weighted by molar-refractivity contribution is -0.0444. The lowest BCUT2D eigenvalue weighted by atomic mass is 9.73. The zero-order chi connectivity index (χ0) is 21.2. The van der Waals surface area contributed by atoms with Crippen molar-refractivity contribution in [1.29, 1.82) is 0 Å². The highest BCUT2D eigenvalue weighted by molar-refractivity contribution is 7.79. The number of pyridine rings is 1. The molecule has 3 aliphatic heterocycles. The van der Waals surface area contributed by atoms with Crippen LogP contribution in [0.15, 0.2) is 43.1 Å². The van der Waals surface area contributed by atoms with E-state index in [0.29, 0.717) is 11.8 Å². The average Bonchev–Trinajstić information content (AvgIpc) is 2.71. The van der Waals surface area contributed by atoms with E-state index < -0.39 is 16.5 Å². The molecule has 3 aliphatic rings. The number of methoxy groups -OCH3 is 1. The van der Waals surface area contributed by atoms with Gasteiger partial charge in [-0.1, -0.05) is 6.08 Å². The molecular formula is C20H26N2O6S. The van der Waals surface area contributed by atoms with E-state index in [9.17, 15) is 5.11 Å². The predicted molar refractivity (Wildman–Crippen MR) is 109 cm³/mol. The maximum atomic E-state index is 11.2. The van der Waals surface area contributed by atoms with Gasteiger partial charge in [0.25, 0.3) is 0 Å². The number of aliphatic hydroxyl groups is 1. The molecule has 0 aliphatic carbocycles. The van der Waals surface area contributed by atoms with Gasteiger partial charge in [-0.3, -0.25) is 19.0 Å². The molecule has 0 radical (unpaired) electrons. The molecule has 0 spiro atoms. The molecule has 2 bridgehead atoms. The van der Waals surface area contributed by atoms with Crippen LogP contribution in [-0.2, 0) is 10.4 Å². The Morgan fingerprint density at radius 1 is 1.34 bits per heavy atom. The van der Waals surface area contributed by atoms with Crippen LogP contribution in [0.25, 0.3) is 10.9 Å². The summed E-state index contributed by atoms with van der Waals surface area (Å²) in [5.41, 5.74) is 1.85. The molecule has 158 valence electrons. The fraction of sp³-hybridized carbons (Fsp3) is 0.450. The second-order valence-corrected chi connectivity index (χ2v) is 8.32. The Morgan fingerprint density at radius 3 is 2.66 bits per heavy atom. The molecule has 8 nitrogen and oxygen atoms in total. The third kappa shape index (κ3) is 5.12. The van der Waals surface area contributed by atoms with Crippen LogP contribution in [0.3, 0.4) is 0 Å². The van der Waals surface area contributed by atoms with Gasteiger partial charge in [0.05, 0.1) is 18.7 Å². The molecule has 5 atom stereocenters. The van der Waals surface area contributed by atoms with E-state index in [1.54, 1.807) is 13.3 Å². The van der Waals surface area contributed by atoms with Crippen molar-refractivity contribution in [3.63, 3.8) is 0 Å². The van der Waals surface area contributed by atoms with Crippen molar-refractivity contribution in [3.8, 4) is 5.75 Å². The molecule has 9 heteroatoms. The van der Waals surface area contributed by atoms with Crippen LogP contribution in [0, 0.1) is 11.8 Å². The Labute approximate surface area is 170 Å². The minimum Gasteiger partial charge on any atom is -0.497 e. The number of hydrogen-bond donors (Lipinski definition) is 3. The fourth-order valence-electron chi connectivity index (χ4n) is 4.44. The first kappa shape index (κ1) is 21.7. The van der Waals surface area contributed by atoms with Crippen LogP contribution in [0.5, 0.6) is 5.75 Å². The number of hydrogen-bond acceptors (Lipinski definition) is 6. The van der Waals surface area contributed by atoms with E-state index in [0.717, 1.165) is 41.7 Å². The summed E-state index contributed by atoms with van der Waals surface area (Å²) < 4.78 is 36.9. The number of benzene rings is 1. The number of aliphatic hydroxyl groups excluding tert-OH is 1. The largest absolute Gasteiger partial charge is 0.497 e. The average molecular weight is 423 g/mol. The molecular weight excluding hydrogens is 396 g/mol. The zero-order valence-corrected chi connectivity index (χ0v) is 17.0. The second kappa shape index (κ2) is 8.76. The van der Waals surface area contributed by atoms with Gasteiger partial charge in [0.15, 0.2) is 0 Å².